The fourth-order valence-corrected chi connectivity index (χ4v) is 3.08. The lowest BCUT2D eigenvalue weighted by molar-refractivity contribution is 0.137. The van der Waals surface area contributed by atoms with Crippen molar-refractivity contribution in [3.05, 3.63) is 0 Å². The summed E-state index contributed by atoms with van der Waals surface area (Å²) in [6, 6.07) is 1.62. The molecule has 2 rings (SSSR count). The Hall–Kier alpha value is -0.0800. The van der Waals surface area contributed by atoms with Gasteiger partial charge in [-0.15, -0.1) is 0 Å². The lowest BCUT2D eigenvalue weighted by atomic mass is 9.73. The third-order valence-electron chi connectivity index (χ3n) is 4.68. The maximum Gasteiger partial charge on any atom is 0.0217 e. The third kappa shape index (κ3) is 2.98. The van der Waals surface area contributed by atoms with E-state index in [4.69, 9.17) is 0 Å². The highest BCUT2D eigenvalue weighted by Crippen LogP contribution is 2.33. The van der Waals surface area contributed by atoms with Gasteiger partial charge in [0.15, 0.2) is 0 Å². The van der Waals surface area contributed by atoms with Gasteiger partial charge in [-0.1, -0.05) is 20.3 Å². The zero-order valence-corrected chi connectivity index (χ0v) is 11.2. The minimum absolute atomic E-state index is 0.798. The van der Waals surface area contributed by atoms with E-state index in [2.05, 4.69) is 31.1 Å². The summed E-state index contributed by atoms with van der Waals surface area (Å²) in [5.74, 6) is 1.87. The number of piperidine rings is 1. The normalized spacial score (nSPS) is 36.4. The molecule has 2 aliphatic rings. The minimum atomic E-state index is 0.798. The molecular formula is C14H28N2. The molecule has 0 bridgehead atoms. The minimum Gasteiger partial charge on any atom is -0.312 e. The number of rotatable bonds is 4. The van der Waals surface area contributed by atoms with E-state index in [1.165, 1.54) is 45.2 Å². The lowest BCUT2D eigenvalue weighted by Gasteiger charge is -2.41. The average molecular weight is 224 g/mol. The van der Waals surface area contributed by atoms with Crippen molar-refractivity contribution in [1.82, 2.24) is 10.2 Å². The summed E-state index contributed by atoms with van der Waals surface area (Å²) in [5.41, 5.74) is 0. The molecule has 1 aliphatic carbocycles. The second kappa shape index (κ2) is 5.50. The molecule has 94 valence electrons. The SMILES string of the molecule is CC(C)C1CC(NCC2CCCCN2C)C1. The first-order chi connectivity index (χ1) is 7.66. The Morgan fingerprint density at radius 2 is 2.00 bits per heavy atom. The standard InChI is InChI=1S/C14H28N2/c1-11(2)12-8-13(9-12)15-10-14-6-4-5-7-16(14)3/h11-15H,4-10H2,1-3H3. The Kier molecular flexibility index (Phi) is 4.26. The molecule has 1 atom stereocenters. The molecule has 0 aromatic rings. The van der Waals surface area contributed by atoms with Gasteiger partial charge in [0.2, 0.25) is 0 Å². The van der Waals surface area contributed by atoms with E-state index in [1.807, 2.05) is 0 Å². The van der Waals surface area contributed by atoms with Crippen LogP contribution in [0.2, 0.25) is 0 Å². The van der Waals surface area contributed by atoms with Crippen LogP contribution in [0.3, 0.4) is 0 Å². The summed E-state index contributed by atoms with van der Waals surface area (Å²) in [4.78, 5) is 2.54. The number of likely N-dealkylation sites (N-methyl/N-ethyl adjacent to an activating group) is 1. The predicted molar refractivity (Wildman–Crippen MR) is 69.6 cm³/mol. The van der Waals surface area contributed by atoms with Gasteiger partial charge in [0, 0.05) is 18.6 Å². The Morgan fingerprint density at radius 1 is 1.25 bits per heavy atom. The molecule has 2 nitrogen and oxygen atoms in total. The van der Waals surface area contributed by atoms with Gasteiger partial charge in [-0.25, -0.2) is 0 Å². The van der Waals surface area contributed by atoms with Crippen LogP contribution in [-0.2, 0) is 0 Å². The molecule has 0 aromatic carbocycles. The molecule has 0 radical (unpaired) electrons. The molecule has 0 spiro atoms. The summed E-state index contributed by atoms with van der Waals surface area (Å²) < 4.78 is 0. The second-order valence-corrected chi connectivity index (χ2v) is 6.21. The molecule has 0 amide bonds. The van der Waals surface area contributed by atoms with Crippen LogP contribution in [0.4, 0.5) is 0 Å². The van der Waals surface area contributed by atoms with Crippen molar-refractivity contribution in [3.8, 4) is 0 Å². The van der Waals surface area contributed by atoms with Gasteiger partial charge in [0.05, 0.1) is 0 Å². The Balaban J connectivity index is 1.61. The summed E-state index contributed by atoms with van der Waals surface area (Å²) in [7, 11) is 2.28. The molecule has 1 saturated carbocycles. The first-order valence-corrected chi connectivity index (χ1v) is 7.10. The molecule has 2 heteroatoms. The number of nitrogens with one attached hydrogen (secondary N) is 1. The molecule has 1 heterocycles. The summed E-state index contributed by atoms with van der Waals surface area (Å²) in [6.07, 6.45) is 7.04. The molecule has 2 fully saturated rings. The summed E-state index contributed by atoms with van der Waals surface area (Å²) >= 11 is 0. The fraction of sp³-hybridized carbons (Fsp3) is 1.00. The van der Waals surface area contributed by atoms with Crippen molar-refractivity contribution >= 4 is 0 Å². The van der Waals surface area contributed by atoms with Crippen LogP contribution in [0.5, 0.6) is 0 Å². The maximum absolute atomic E-state index is 3.76. The van der Waals surface area contributed by atoms with Crippen LogP contribution in [-0.4, -0.2) is 37.1 Å². The summed E-state index contributed by atoms with van der Waals surface area (Å²) in [5, 5.41) is 3.76. The number of likely N-dealkylation sites (tertiary alicyclic amines) is 1. The van der Waals surface area contributed by atoms with Crippen molar-refractivity contribution in [2.45, 2.75) is 58.0 Å². The lowest BCUT2D eigenvalue weighted by Crippen LogP contribution is -2.49. The van der Waals surface area contributed by atoms with Crippen LogP contribution in [0.25, 0.3) is 0 Å². The summed E-state index contributed by atoms with van der Waals surface area (Å²) in [6.45, 7) is 7.23. The largest absolute Gasteiger partial charge is 0.312 e. The zero-order valence-electron chi connectivity index (χ0n) is 11.2. The first kappa shape index (κ1) is 12.4. The van der Waals surface area contributed by atoms with E-state index in [1.54, 1.807) is 0 Å². The predicted octanol–water partition coefficient (Wildman–Crippen LogP) is 2.49. The van der Waals surface area contributed by atoms with Gasteiger partial charge in [0.1, 0.15) is 0 Å². The van der Waals surface area contributed by atoms with Gasteiger partial charge in [0.25, 0.3) is 0 Å². The van der Waals surface area contributed by atoms with Crippen molar-refractivity contribution < 1.29 is 0 Å². The highest BCUT2D eigenvalue weighted by Gasteiger charge is 2.31. The number of hydrogen-bond donors (Lipinski definition) is 1. The number of hydrogen-bond acceptors (Lipinski definition) is 2. The fourth-order valence-electron chi connectivity index (χ4n) is 3.08. The molecule has 1 N–H and O–H groups in total. The topological polar surface area (TPSA) is 15.3 Å². The van der Waals surface area contributed by atoms with Crippen LogP contribution in [0.15, 0.2) is 0 Å². The van der Waals surface area contributed by atoms with Crippen LogP contribution in [0, 0.1) is 11.8 Å². The second-order valence-electron chi connectivity index (χ2n) is 6.21. The molecule has 0 aromatic heterocycles. The monoisotopic (exact) mass is 224 g/mol. The van der Waals surface area contributed by atoms with Gasteiger partial charge in [-0.05, 0) is 51.1 Å². The maximum atomic E-state index is 3.76. The van der Waals surface area contributed by atoms with Crippen molar-refractivity contribution in [2.24, 2.45) is 11.8 Å². The highest BCUT2D eigenvalue weighted by atomic mass is 15.2. The van der Waals surface area contributed by atoms with E-state index < -0.39 is 0 Å². The van der Waals surface area contributed by atoms with Crippen molar-refractivity contribution in [1.29, 1.82) is 0 Å². The Morgan fingerprint density at radius 3 is 2.62 bits per heavy atom. The smallest absolute Gasteiger partial charge is 0.0217 e. The zero-order chi connectivity index (χ0) is 11.5. The van der Waals surface area contributed by atoms with E-state index in [0.29, 0.717) is 0 Å². The molecule has 1 saturated heterocycles. The van der Waals surface area contributed by atoms with E-state index in [-0.39, 0.29) is 0 Å². The first-order valence-electron chi connectivity index (χ1n) is 7.10. The van der Waals surface area contributed by atoms with Gasteiger partial charge in [-0.2, -0.15) is 0 Å². The molecule has 16 heavy (non-hydrogen) atoms. The van der Waals surface area contributed by atoms with Crippen LogP contribution >= 0.6 is 0 Å². The van der Waals surface area contributed by atoms with Crippen LogP contribution in [0.1, 0.15) is 46.0 Å². The molecular weight excluding hydrogens is 196 g/mol. The van der Waals surface area contributed by atoms with Crippen molar-refractivity contribution in [2.75, 3.05) is 20.1 Å². The third-order valence-corrected chi connectivity index (χ3v) is 4.68. The average Bonchev–Trinajstić information content (AvgIpc) is 2.17. The van der Waals surface area contributed by atoms with E-state index >= 15 is 0 Å². The Labute approximate surface area is 101 Å². The quantitative estimate of drug-likeness (QED) is 0.789. The van der Waals surface area contributed by atoms with E-state index in [9.17, 15) is 0 Å². The van der Waals surface area contributed by atoms with E-state index in [0.717, 1.165) is 23.9 Å². The van der Waals surface area contributed by atoms with Gasteiger partial charge < -0.3 is 10.2 Å². The van der Waals surface area contributed by atoms with Crippen LogP contribution < -0.4 is 5.32 Å². The van der Waals surface area contributed by atoms with Crippen molar-refractivity contribution in [3.63, 3.8) is 0 Å². The van der Waals surface area contributed by atoms with Gasteiger partial charge in [-0.3, -0.25) is 0 Å². The Bertz CT molecular complexity index is 209. The molecule has 1 unspecified atom stereocenters. The number of nitrogens with zero attached hydrogens (tertiary/aromatic N) is 1. The molecule has 1 aliphatic heterocycles. The van der Waals surface area contributed by atoms with Gasteiger partial charge >= 0.3 is 0 Å². The highest BCUT2D eigenvalue weighted by molar-refractivity contribution is 4.88.